The lowest BCUT2D eigenvalue weighted by molar-refractivity contribution is 0.415. The van der Waals surface area contributed by atoms with Crippen LogP contribution in [0.3, 0.4) is 0 Å². The number of rotatable bonds is 8. The molecule has 29 heavy (non-hydrogen) atoms. The van der Waals surface area contributed by atoms with E-state index in [9.17, 15) is 0 Å². The number of aromatic nitrogens is 1. The summed E-state index contributed by atoms with van der Waals surface area (Å²) >= 11 is 11.9. The van der Waals surface area contributed by atoms with Crippen LogP contribution in [0.25, 0.3) is 5.69 Å². The van der Waals surface area contributed by atoms with Crippen LogP contribution in [0.15, 0.2) is 63.4 Å². The van der Waals surface area contributed by atoms with E-state index < -0.39 is 0 Å². The molecule has 0 amide bonds. The van der Waals surface area contributed by atoms with Gasteiger partial charge in [-0.25, -0.2) is 0 Å². The maximum atomic E-state index is 5.27. The molecule has 0 saturated carbocycles. The maximum Gasteiger partial charge on any atom is 0.119 e. The molecule has 154 valence electrons. The summed E-state index contributed by atoms with van der Waals surface area (Å²) in [5.41, 5.74) is 1.17. The largest absolute Gasteiger partial charge is 0.497 e. The van der Waals surface area contributed by atoms with Gasteiger partial charge in [0.1, 0.15) is 5.75 Å². The lowest BCUT2D eigenvalue weighted by Crippen LogP contribution is -1.90. The lowest BCUT2D eigenvalue weighted by Gasteiger charge is -2.06. The van der Waals surface area contributed by atoms with Crippen LogP contribution in [0, 0.1) is 0 Å². The van der Waals surface area contributed by atoms with E-state index in [1.54, 1.807) is 7.11 Å². The molecule has 2 aliphatic heterocycles. The van der Waals surface area contributed by atoms with E-state index in [0.29, 0.717) is 0 Å². The number of benzene rings is 1. The van der Waals surface area contributed by atoms with Crippen LogP contribution in [0.2, 0.25) is 0 Å². The van der Waals surface area contributed by atoms with Crippen LogP contribution < -0.4 is 4.74 Å². The van der Waals surface area contributed by atoms with E-state index in [-0.39, 0.29) is 0 Å². The van der Waals surface area contributed by atoms with Crippen molar-refractivity contribution >= 4 is 70.6 Å². The van der Waals surface area contributed by atoms with E-state index >= 15 is 0 Å². The van der Waals surface area contributed by atoms with Crippen molar-refractivity contribution in [1.29, 1.82) is 0 Å². The van der Waals surface area contributed by atoms with Crippen LogP contribution in [-0.2, 0) is 0 Å². The second-order valence-electron chi connectivity index (χ2n) is 6.35. The highest BCUT2D eigenvalue weighted by molar-refractivity contribution is 8.42. The summed E-state index contributed by atoms with van der Waals surface area (Å²) in [6.07, 6.45) is 6.95. The highest BCUT2D eigenvalue weighted by Gasteiger charge is 2.29. The summed E-state index contributed by atoms with van der Waals surface area (Å²) in [4.78, 5) is 2.71. The molecule has 0 fully saturated rings. The zero-order valence-corrected chi connectivity index (χ0v) is 21.5. The molecule has 2 aromatic rings. The highest BCUT2D eigenvalue weighted by Crippen LogP contribution is 2.64. The summed E-state index contributed by atoms with van der Waals surface area (Å²) in [6.45, 7) is 4.52. The summed E-state index contributed by atoms with van der Waals surface area (Å²) in [6, 6.07) is 8.22. The molecule has 0 bridgehead atoms. The van der Waals surface area contributed by atoms with Gasteiger partial charge in [-0.2, -0.15) is 0 Å². The molecule has 4 rings (SSSR count). The summed E-state index contributed by atoms with van der Waals surface area (Å²) in [5.74, 6) is 3.30. The van der Waals surface area contributed by atoms with E-state index in [1.807, 2.05) is 82.7 Å². The molecule has 0 saturated heterocycles. The van der Waals surface area contributed by atoms with E-state index in [2.05, 4.69) is 42.9 Å². The predicted molar refractivity (Wildman–Crippen MR) is 139 cm³/mol. The average Bonchev–Trinajstić information content (AvgIpc) is 3.43. The number of methoxy groups -OCH3 is 1. The smallest absolute Gasteiger partial charge is 0.119 e. The number of fused-ring (bicyclic) bond motifs is 1. The Labute approximate surface area is 198 Å². The molecule has 0 spiro atoms. The minimum Gasteiger partial charge on any atom is -0.497 e. The van der Waals surface area contributed by atoms with Gasteiger partial charge in [0.05, 0.1) is 24.1 Å². The zero-order valence-electron chi connectivity index (χ0n) is 16.6. The Kier molecular flexibility index (Phi) is 7.97. The first-order valence-corrected chi connectivity index (χ1v) is 14.8. The Morgan fingerprint density at radius 1 is 0.793 bits per heavy atom. The number of ether oxygens (including phenoxy) is 1. The van der Waals surface area contributed by atoms with Gasteiger partial charge >= 0.3 is 0 Å². The molecule has 0 unspecified atom stereocenters. The molecular weight excluding hydrogens is 475 g/mol. The SMILES string of the molecule is CCCSC1=C(SCCC)SC(=C2Sc3cn(-c4ccc(OC)cc4)cc3S2)S1. The number of hydrogen-bond donors (Lipinski definition) is 0. The van der Waals surface area contributed by atoms with Crippen molar-refractivity contribution in [2.24, 2.45) is 0 Å². The van der Waals surface area contributed by atoms with Gasteiger partial charge in [0.2, 0.25) is 0 Å². The number of hydrogen-bond acceptors (Lipinski definition) is 7. The molecule has 1 aromatic carbocycles. The summed E-state index contributed by atoms with van der Waals surface area (Å²) < 4.78 is 13.4. The van der Waals surface area contributed by atoms with E-state index in [1.165, 1.54) is 56.8 Å². The van der Waals surface area contributed by atoms with Crippen molar-refractivity contribution in [3.8, 4) is 11.4 Å². The third kappa shape index (κ3) is 5.21. The van der Waals surface area contributed by atoms with Crippen molar-refractivity contribution in [3.63, 3.8) is 0 Å². The molecule has 0 radical (unpaired) electrons. The second kappa shape index (κ2) is 10.5. The Balaban J connectivity index is 1.47. The van der Waals surface area contributed by atoms with E-state index in [0.717, 1.165) is 5.75 Å². The summed E-state index contributed by atoms with van der Waals surface area (Å²) in [5, 5.41) is 0. The quantitative estimate of drug-likeness (QED) is 0.357. The van der Waals surface area contributed by atoms with Crippen LogP contribution in [0.1, 0.15) is 26.7 Å². The molecule has 1 aromatic heterocycles. The second-order valence-corrected chi connectivity index (χ2v) is 13.7. The van der Waals surface area contributed by atoms with Gasteiger partial charge in [0.25, 0.3) is 0 Å². The molecule has 0 N–H and O–H groups in total. The van der Waals surface area contributed by atoms with Crippen molar-refractivity contribution in [1.82, 2.24) is 4.57 Å². The standard InChI is InChI=1S/C21H23NOS6/c1-4-10-24-18-19(25-11-5-2)29-21(28-18)20-26-16-12-22(13-17(16)27-20)14-6-8-15(23-3)9-7-14/h6-9,12-13H,4-5,10-11H2,1-3H3. The maximum absolute atomic E-state index is 5.27. The third-order valence-electron chi connectivity index (χ3n) is 4.11. The number of thioether (sulfide) groups is 6. The molecular formula is C21H23NOS6. The summed E-state index contributed by atoms with van der Waals surface area (Å²) in [7, 11) is 1.70. The monoisotopic (exact) mass is 497 g/mol. The molecule has 3 heterocycles. The van der Waals surface area contributed by atoms with Gasteiger partial charge < -0.3 is 9.30 Å². The van der Waals surface area contributed by atoms with E-state index in [4.69, 9.17) is 4.74 Å². The number of nitrogens with zero attached hydrogens (tertiary/aromatic N) is 1. The van der Waals surface area contributed by atoms with Crippen LogP contribution in [0.5, 0.6) is 5.75 Å². The first-order chi connectivity index (χ1) is 14.2. The Morgan fingerprint density at radius 3 is 1.79 bits per heavy atom. The van der Waals surface area contributed by atoms with Gasteiger partial charge in [-0.15, -0.1) is 23.5 Å². The van der Waals surface area contributed by atoms with Crippen molar-refractivity contribution in [2.75, 3.05) is 18.6 Å². The molecule has 2 aliphatic rings. The Bertz CT molecular complexity index is 884. The van der Waals surface area contributed by atoms with Gasteiger partial charge in [-0.3, -0.25) is 0 Å². The molecule has 8 heteroatoms. The predicted octanol–water partition coefficient (Wildman–Crippen LogP) is 8.70. The Hall–Kier alpha value is -0.120. The molecule has 2 nitrogen and oxygen atoms in total. The van der Waals surface area contributed by atoms with Crippen LogP contribution in [0.4, 0.5) is 0 Å². The van der Waals surface area contributed by atoms with Crippen LogP contribution in [-0.4, -0.2) is 23.2 Å². The first kappa shape index (κ1) is 22.1. The normalized spacial score (nSPS) is 16.1. The lowest BCUT2D eigenvalue weighted by atomic mass is 10.3. The molecule has 0 aliphatic carbocycles. The van der Waals surface area contributed by atoms with Crippen molar-refractivity contribution in [2.45, 2.75) is 36.5 Å². The third-order valence-corrected chi connectivity index (χ3v) is 13.1. The van der Waals surface area contributed by atoms with Gasteiger partial charge in [-0.05, 0) is 48.6 Å². The van der Waals surface area contributed by atoms with Gasteiger partial charge in [0.15, 0.2) is 0 Å². The first-order valence-electron chi connectivity index (χ1n) is 9.53. The minimum atomic E-state index is 0.889. The topological polar surface area (TPSA) is 14.2 Å². The highest BCUT2D eigenvalue weighted by atomic mass is 32.3. The van der Waals surface area contributed by atoms with Crippen LogP contribution >= 0.6 is 70.6 Å². The van der Waals surface area contributed by atoms with Crippen molar-refractivity contribution in [3.05, 3.63) is 53.6 Å². The van der Waals surface area contributed by atoms with Crippen molar-refractivity contribution < 1.29 is 4.74 Å². The fourth-order valence-electron chi connectivity index (χ4n) is 2.70. The average molecular weight is 498 g/mol. The Morgan fingerprint density at radius 2 is 1.31 bits per heavy atom. The molecule has 0 atom stereocenters. The van der Waals surface area contributed by atoms with Gasteiger partial charge in [0, 0.05) is 27.9 Å². The fourth-order valence-corrected chi connectivity index (χ4v) is 11.2. The zero-order chi connectivity index (χ0) is 20.2. The van der Waals surface area contributed by atoms with Gasteiger partial charge in [-0.1, -0.05) is 60.9 Å². The minimum absolute atomic E-state index is 0.889. The fraction of sp³-hybridized carbons (Fsp3) is 0.333.